The van der Waals surface area contributed by atoms with Gasteiger partial charge in [0.25, 0.3) is 0 Å². The van der Waals surface area contributed by atoms with Gasteiger partial charge in [0, 0.05) is 29.0 Å². The Morgan fingerprint density at radius 1 is 0.882 bits per heavy atom. The molecular formula is C28H27FN4S. The molecule has 1 aliphatic rings. The first-order valence-corrected chi connectivity index (χ1v) is 11.8. The largest absolute Gasteiger partial charge is 0.351 e. The van der Waals surface area contributed by atoms with Crippen molar-refractivity contribution < 1.29 is 4.39 Å². The number of nitrogens with zero attached hydrogens (tertiary/aromatic N) is 3. The van der Waals surface area contributed by atoms with Crippen molar-refractivity contribution in [2.75, 3.05) is 4.90 Å². The third kappa shape index (κ3) is 3.88. The van der Waals surface area contributed by atoms with Gasteiger partial charge in [-0.25, -0.2) is 4.39 Å². The number of thiocarbonyl (C=S) groups is 1. The summed E-state index contributed by atoms with van der Waals surface area (Å²) >= 11 is 5.89. The molecule has 172 valence electrons. The third-order valence-corrected chi connectivity index (χ3v) is 6.77. The summed E-state index contributed by atoms with van der Waals surface area (Å²) in [4.78, 5) is 6.88. The van der Waals surface area contributed by atoms with Crippen LogP contribution in [0.4, 0.5) is 10.1 Å². The molecule has 2 aromatic heterocycles. The summed E-state index contributed by atoms with van der Waals surface area (Å²) in [6, 6.07) is 21.1. The minimum Gasteiger partial charge on any atom is -0.351 e. The van der Waals surface area contributed by atoms with E-state index in [9.17, 15) is 4.39 Å². The van der Waals surface area contributed by atoms with E-state index in [1.54, 1.807) is 0 Å². The van der Waals surface area contributed by atoms with Gasteiger partial charge in [-0.05, 0) is 111 Å². The Morgan fingerprint density at radius 3 is 2.24 bits per heavy atom. The van der Waals surface area contributed by atoms with Crippen LogP contribution in [0.15, 0.2) is 72.9 Å². The van der Waals surface area contributed by atoms with E-state index >= 15 is 0 Å². The zero-order chi connectivity index (χ0) is 24.0. The number of aryl methyl sites for hydroxylation is 3. The zero-order valence-electron chi connectivity index (χ0n) is 19.7. The van der Waals surface area contributed by atoms with Crippen LogP contribution in [0.1, 0.15) is 45.9 Å². The lowest BCUT2D eigenvalue weighted by Crippen LogP contribution is -2.29. The van der Waals surface area contributed by atoms with E-state index in [-0.39, 0.29) is 17.9 Å². The fourth-order valence-corrected chi connectivity index (χ4v) is 5.46. The van der Waals surface area contributed by atoms with Crippen molar-refractivity contribution in [3.05, 3.63) is 113 Å². The fraction of sp³-hybridized carbons (Fsp3) is 0.214. The number of hydrogen-bond acceptors (Lipinski definition) is 2. The van der Waals surface area contributed by atoms with Crippen molar-refractivity contribution in [2.45, 2.75) is 39.8 Å². The quantitative estimate of drug-likeness (QED) is 0.349. The number of halogens is 1. The minimum absolute atomic E-state index is 0.0935. The summed E-state index contributed by atoms with van der Waals surface area (Å²) in [6.45, 7) is 8.41. The fourth-order valence-electron chi connectivity index (χ4n) is 5.11. The smallest absolute Gasteiger partial charge is 0.174 e. The van der Waals surface area contributed by atoms with Gasteiger partial charge >= 0.3 is 0 Å². The molecule has 1 saturated heterocycles. The maximum absolute atomic E-state index is 13.6. The Hall–Kier alpha value is -3.51. The third-order valence-electron chi connectivity index (χ3n) is 6.46. The molecule has 4 nitrogen and oxygen atoms in total. The van der Waals surface area contributed by atoms with Gasteiger partial charge in [-0.15, -0.1) is 0 Å². The molecule has 0 aliphatic carbocycles. The van der Waals surface area contributed by atoms with E-state index < -0.39 is 0 Å². The number of anilines is 1. The van der Waals surface area contributed by atoms with Gasteiger partial charge in [-0.2, -0.15) is 0 Å². The van der Waals surface area contributed by atoms with Crippen LogP contribution in [-0.4, -0.2) is 14.7 Å². The second-order valence-corrected chi connectivity index (χ2v) is 9.37. The van der Waals surface area contributed by atoms with E-state index in [2.05, 4.69) is 71.7 Å². The molecular weight excluding hydrogens is 443 g/mol. The van der Waals surface area contributed by atoms with Crippen molar-refractivity contribution in [3.8, 4) is 5.69 Å². The number of rotatable bonds is 4. The molecule has 0 unspecified atom stereocenters. The van der Waals surface area contributed by atoms with Crippen LogP contribution in [0.5, 0.6) is 0 Å². The Labute approximate surface area is 205 Å². The Balaban J connectivity index is 1.69. The lowest BCUT2D eigenvalue weighted by molar-refractivity contribution is 0.565. The van der Waals surface area contributed by atoms with Gasteiger partial charge in [0.15, 0.2) is 5.11 Å². The predicted molar refractivity (Wildman–Crippen MR) is 139 cm³/mol. The number of aromatic nitrogens is 2. The average Bonchev–Trinajstić information content (AvgIpc) is 3.30. The van der Waals surface area contributed by atoms with Crippen molar-refractivity contribution in [1.82, 2.24) is 14.9 Å². The Morgan fingerprint density at radius 2 is 1.59 bits per heavy atom. The summed E-state index contributed by atoms with van der Waals surface area (Å²) in [5.74, 6) is -0.243. The van der Waals surface area contributed by atoms with Crippen molar-refractivity contribution in [3.63, 3.8) is 0 Å². The Kier molecular flexibility index (Phi) is 5.70. The molecule has 1 fully saturated rings. The van der Waals surface area contributed by atoms with Crippen LogP contribution < -0.4 is 10.2 Å². The van der Waals surface area contributed by atoms with Crippen LogP contribution in [-0.2, 0) is 0 Å². The van der Waals surface area contributed by atoms with Crippen molar-refractivity contribution >= 4 is 23.0 Å². The van der Waals surface area contributed by atoms with Crippen LogP contribution in [0.25, 0.3) is 5.69 Å². The highest BCUT2D eigenvalue weighted by Gasteiger charge is 2.42. The van der Waals surface area contributed by atoms with Gasteiger partial charge in [-0.1, -0.05) is 12.1 Å². The number of pyridine rings is 1. The first kappa shape index (κ1) is 22.3. The normalized spacial score (nSPS) is 17.8. The number of nitrogens with one attached hydrogen (secondary N) is 1. The predicted octanol–water partition coefficient (Wildman–Crippen LogP) is 6.42. The molecule has 34 heavy (non-hydrogen) atoms. The topological polar surface area (TPSA) is 33.1 Å². The van der Waals surface area contributed by atoms with Crippen molar-refractivity contribution in [1.29, 1.82) is 0 Å². The summed E-state index contributed by atoms with van der Waals surface area (Å²) in [7, 11) is 0. The summed E-state index contributed by atoms with van der Waals surface area (Å²) in [6.07, 6.45) is 1.82. The molecule has 0 amide bonds. The standard InChI is InChI=1S/C28H27FN4S/c1-17-13-18(2)15-23(14-17)33-27(26(31-28(33)34)25-7-5-6-12-30-25)24-16-19(3)32(20(24)4)22-10-8-21(29)9-11-22/h5-16,26-27H,1-4H3,(H,31,34)/t26-,27-/m1/s1. The van der Waals surface area contributed by atoms with E-state index in [0.717, 1.165) is 34.0 Å². The van der Waals surface area contributed by atoms with Crippen LogP contribution in [0.2, 0.25) is 0 Å². The monoisotopic (exact) mass is 470 g/mol. The molecule has 4 aromatic rings. The summed E-state index contributed by atoms with van der Waals surface area (Å²) in [5, 5.41) is 4.22. The van der Waals surface area contributed by atoms with Gasteiger partial charge in [-0.3, -0.25) is 4.98 Å². The lowest BCUT2D eigenvalue weighted by atomic mass is 9.96. The molecule has 1 aliphatic heterocycles. The minimum atomic E-state index is -0.243. The van der Waals surface area contributed by atoms with E-state index in [1.165, 1.54) is 23.3 Å². The van der Waals surface area contributed by atoms with Gasteiger partial charge in [0.05, 0.1) is 17.8 Å². The summed E-state index contributed by atoms with van der Waals surface area (Å²) < 4.78 is 15.8. The molecule has 5 rings (SSSR count). The van der Waals surface area contributed by atoms with E-state index in [4.69, 9.17) is 12.2 Å². The number of hydrogen-bond donors (Lipinski definition) is 1. The van der Waals surface area contributed by atoms with Crippen LogP contribution in [0, 0.1) is 33.5 Å². The maximum Gasteiger partial charge on any atom is 0.174 e. The maximum atomic E-state index is 13.6. The number of benzene rings is 2. The highest BCUT2D eigenvalue weighted by molar-refractivity contribution is 7.80. The van der Waals surface area contributed by atoms with Crippen LogP contribution >= 0.6 is 12.2 Å². The molecule has 3 heterocycles. The van der Waals surface area contributed by atoms with Gasteiger partial charge in [0.1, 0.15) is 5.82 Å². The zero-order valence-corrected chi connectivity index (χ0v) is 20.5. The molecule has 1 N–H and O–H groups in total. The van der Waals surface area contributed by atoms with E-state index in [0.29, 0.717) is 5.11 Å². The average molecular weight is 471 g/mol. The van der Waals surface area contributed by atoms with Gasteiger partial charge < -0.3 is 14.8 Å². The molecule has 0 saturated carbocycles. The molecule has 6 heteroatoms. The molecule has 0 bridgehead atoms. The molecule has 2 atom stereocenters. The second-order valence-electron chi connectivity index (χ2n) is 8.98. The second kappa shape index (κ2) is 8.69. The van der Waals surface area contributed by atoms with Crippen molar-refractivity contribution in [2.24, 2.45) is 0 Å². The highest BCUT2D eigenvalue weighted by atomic mass is 32.1. The van der Waals surface area contributed by atoms with Gasteiger partial charge in [0.2, 0.25) is 0 Å². The lowest BCUT2D eigenvalue weighted by Gasteiger charge is -2.29. The molecule has 2 aromatic carbocycles. The SMILES string of the molecule is Cc1cc(C)cc(N2C(=S)N[C@H](c3ccccn3)[C@H]2c2cc(C)n(-c3ccc(F)cc3)c2C)c1. The summed E-state index contributed by atoms with van der Waals surface area (Å²) in [5.41, 5.74) is 8.64. The highest BCUT2D eigenvalue weighted by Crippen LogP contribution is 2.44. The molecule has 0 radical (unpaired) electrons. The Bertz CT molecular complexity index is 1340. The first-order chi connectivity index (χ1) is 16.3. The van der Waals surface area contributed by atoms with E-state index in [1.807, 2.05) is 36.5 Å². The first-order valence-electron chi connectivity index (χ1n) is 11.4. The van der Waals surface area contributed by atoms with Crippen LogP contribution in [0.3, 0.4) is 0 Å². The molecule has 0 spiro atoms.